The normalized spacial score (nSPS) is 23.1. The minimum Gasteiger partial charge on any atom is -0.395 e. The monoisotopic (exact) mass is 295 g/mol. The van der Waals surface area contributed by atoms with Gasteiger partial charge in [0.1, 0.15) is 0 Å². The lowest BCUT2D eigenvalue weighted by Gasteiger charge is -2.15. The standard InChI is InChI=1S/C19H21NO2/c1-20(12-13-21)19(22)18-16(14-8-4-2-5-9-14)17(18)15-10-6-3-7-11-15/h2-11,16-18,21H,12-13H2,1H3. The first-order chi connectivity index (χ1) is 10.7. The van der Waals surface area contributed by atoms with Crippen molar-refractivity contribution < 1.29 is 9.90 Å². The Hall–Kier alpha value is -2.13. The second kappa shape index (κ2) is 6.32. The molecule has 0 aromatic heterocycles. The summed E-state index contributed by atoms with van der Waals surface area (Å²) in [4.78, 5) is 14.3. The third kappa shape index (κ3) is 2.77. The van der Waals surface area contributed by atoms with E-state index in [1.165, 1.54) is 11.1 Å². The lowest BCUT2D eigenvalue weighted by Crippen LogP contribution is -2.31. The SMILES string of the molecule is CN(CCO)C(=O)C1C(c2ccccc2)C1c1ccccc1. The minimum atomic E-state index is -0.0265. The summed E-state index contributed by atoms with van der Waals surface area (Å²) in [5, 5.41) is 9.06. The van der Waals surface area contributed by atoms with Crippen LogP contribution in [-0.4, -0.2) is 36.1 Å². The number of nitrogens with zero attached hydrogens (tertiary/aromatic N) is 1. The molecule has 3 nitrogen and oxygen atoms in total. The number of carbonyl (C=O) groups is 1. The first kappa shape index (κ1) is 14.8. The molecule has 1 aliphatic rings. The summed E-state index contributed by atoms with van der Waals surface area (Å²) in [5.41, 5.74) is 2.43. The van der Waals surface area contributed by atoms with Gasteiger partial charge in [0.15, 0.2) is 0 Å². The zero-order valence-electron chi connectivity index (χ0n) is 12.7. The molecule has 22 heavy (non-hydrogen) atoms. The summed E-state index contributed by atoms with van der Waals surface area (Å²) in [6.45, 7) is 0.388. The summed E-state index contributed by atoms with van der Waals surface area (Å²) >= 11 is 0. The molecule has 0 radical (unpaired) electrons. The van der Waals surface area contributed by atoms with Gasteiger partial charge >= 0.3 is 0 Å². The fourth-order valence-corrected chi connectivity index (χ4v) is 3.31. The number of aliphatic hydroxyl groups is 1. The molecule has 0 spiro atoms. The molecule has 1 fully saturated rings. The van der Waals surface area contributed by atoms with Crippen LogP contribution in [0.3, 0.4) is 0 Å². The predicted molar refractivity (Wildman–Crippen MR) is 86.6 cm³/mol. The van der Waals surface area contributed by atoms with Crippen molar-refractivity contribution in [3.63, 3.8) is 0 Å². The van der Waals surface area contributed by atoms with Crippen LogP contribution < -0.4 is 0 Å². The summed E-state index contributed by atoms with van der Waals surface area (Å²) in [7, 11) is 1.76. The van der Waals surface area contributed by atoms with E-state index in [0.29, 0.717) is 6.54 Å². The number of hydrogen-bond donors (Lipinski definition) is 1. The Morgan fingerprint density at radius 1 is 0.955 bits per heavy atom. The summed E-state index contributed by atoms with van der Waals surface area (Å²) < 4.78 is 0. The van der Waals surface area contributed by atoms with Crippen LogP contribution in [0.15, 0.2) is 60.7 Å². The minimum absolute atomic E-state index is 0.000960. The van der Waals surface area contributed by atoms with Gasteiger partial charge in [-0.1, -0.05) is 60.7 Å². The van der Waals surface area contributed by atoms with Crippen molar-refractivity contribution in [2.75, 3.05) is 20.2 Å². The van der Waals surface area contributed by atoms with Crippen LogP contribution in [0.1, 0.15) is 23.0 Å². The number of hydrogen-bond acceptors (Lipinski definition) is 2. The molecule has 0 aliphatic heterocycles. The van der Waals surface area contributed by atoms with E-state index < -0.39 is 0 Å². The van der Waals surface area contributed by atoms with Gasteiger partial charge in [0.2, 0.25) is 5.91 Å². The van der Waals surface area contributed by atoms with E-state index in [1.807, 2.05) is 36.4 Å². The quantitative estimate of drug-likeness (QED) is 0.921. The van der Waals surface area contributed by atoms with Crippen molar-refractivity contribution in [1.82, 2.24) is 4.90 Å². The van der Waals surface area contributed by atoms with Crippen molar-refractivity contribution in [2.45, 2.75) is 11.8 Å². The molecule has 1 aliphatic carbocycles. The largest absolute Gasteiger partial charge is 0.395 e. The van der Waals surface area contributed by atoms with Crippen molar-refractivity contribution in [1.29, 1.82) is 0 Å². The van der Waals surface area contributed by atoms with Gasteiger partial charge in [-0.25, -0.2) is 0 Å². The van der Waals surface area contributed by atoms with Gasteiger partial charge < -0.3 is 10.0 Å². The second-order valence-electron chi connectivity index (χ2n) is 5.88. The Kier molecular flexibility index (Phi) is 4.25. The Bertz CT molecular complexity index is 581. The fraction of sp³-hybridized carbons (Fsp3) is 0.316. The lowest BCUT2D eigenvalue weighted by molar-refractivity contribution is -0.131. The highest BCUT2D eigenvalue weighted by atomic mass is 16.3. The summed E-state index contributed by atoms with van der Waals surface area (Å²) in [6.07, 6.45) is 0. The van der Waals surface area contributed by atoms with Crippen molar-refractivity contribution in [3.05, 3.63) is 71.8 Å². The molecule has 2 unspecified atom stereocenters. The van der Waals surface area contributed by atoms with Gasteiger partial charge in [-0.2, -0.15) is 0 Å². The van der Waals surface area contributed by atoms with Gasteiger partial charge in [0.05, 0.1) is 12.5 Å². The van der Waals surface area contributed by atoms with Gasteiger partial charge in [-0.15, -0.1) is 0 Å². The third-order valence-corrected chi connectivity index (χ3v) is 4.49. The number of likely N-dealkylation sites (N-methyl/N-ethyl adjacent to an activating group) is 1. The van der Waals surface area contributed by atoms with Crippen LogP contribution >= 0.6 is 0 Å². The molecule has 2 aromatic carbocycles. The van der Waals surface area contributed by atoms with Gasteiger partial charge in [-0.05, 0) is 11.1 Å². The van der Waals surface area contributed by atoms with Gasteiger partial charge in [0.25, 0.3) is 0 Å². The van der Waals surface area contributed by atoms with Crippen LogP contribution in [0.5, 0.6) is 0 Å². The molecule has 3 heteroatoms. The number of aliphatic hydroxyl groups excluding tert-OH is 1. The molecule has 1 saturated carbocycles. The van der Waals surface area contributed by atoms with E-state index >= 15 is 0 Å². The van der Waals surface area contributed by atoms with Crippen LogP contribution in [0, 0.1) is 5.92 Å². The van der Waals surface area contributed by atoms with Crippen molar-refractivity contribution >= 4 is 5.91 Å². The summed E-state index contributed by atoms with van der Waals surface area (Å²) in [5.74, 6) is 0.563. The zero-order chi connectivity index (χ0) is 15.5. The lowest BCUT2D eigenvalue weighted by atomic mass is 10.0. The van der Waals surface area contributed by atoms with E-state index in [2.05, 4.69) is 24.3 Å². The molecule has 1 N–H and O–H groups in total. The highest BCUT2D eigenvalue weighted by Crippen LogP contribution is 2.60. The highest BCUT2D eigenvalue weighted by molar-refractivity contribution is 5.85. The molecule has 114 valence electrons. The van der Waals surface area contributed by atoms with Crippen LogP contribution in [0.4, 0.5) is 0 Å². The molecule has 3 rings (SSSR count). The molecule has 2 atom stereocenters. The average molecular weight is 295 g/mol. The fourth-order valence-electron chi connectivity index (χ4n) is 3.31. The second-order valence-corrected chi connectivity index (χ2v) is 5.88. The third-order valence-electron chi connectivity index (χ3n) is 4.49. The zero-order valence-corrected chi connectivity index (χ0v) is 12.7. The Labute approximate surface area is 131 Å². The van der Waals surface area contributed by atoms with Crippen LogP contribution in [0.25, 0.3) is 0 Å². The number of benzene rings is 2. The van der Waals surface area contributed by atoms with E-state index in [4.69, 9.17) is 5.11 Å². The van der Waals surface area contributed by atoms with Crippen molar-refractivity contribution in [3.8, 4) is 0 Å². The molecular weight excluding hydrogens is 274 g/mol. The van der Waals surface area contributed by atoms with Gasteiger partial charge in [-0.3, -0.25) is 4.79 Å². The Morgan fingerprint density at radius 3 is 1.82 bits per heavy atom. The number of carbonyl (C=O) groups excluding carboxylic acids is 1. The molecule has 2 aromatic rings. The maximum absolute atomic E-state index is 12.7. The summed E-state index contributed by atoms with van der Waals surface area (Å²) in [6, 6.07) is 20.5. The molecule has 0 bridgehead atoms. The molecular formula is C19H21NO2. The van der Waals surface area contributed by atoms with E-state index in [1.54, 1.807) is 11.9 Å². The average Bonchev–Trinajstić information content (AvgIpc) is 3.31. The molecule has 1 amide bonds. The molecule has 0 heterocycles. The topological polar surface area (TPSA) is 40.5 Å². The van der Waals surface area contributed by atoms with E-state index in [0.717, 1.165) is 0 Å². The van der Waals surface area contributed by atoms with E-state index in [9.17, 15) is 4.79 Å². The first-order valence-corrected chi connectivity index (χ1v) is 7.69. The van der Waals surface area contributed by atoms with Crippen LogP contribution in [-0.2, 0) is 4.79 Å². The highest BCUT2D eigenvalue weighted by Gasteiger charge is 2.56. The van der Waals surface area contributed by atoms with E-state index in [-0.39, 0.29) is 30.3 Å². The number of amides is 1. The number of rotatable bonds is 5. The molecule has 0 saturated heterocycles. The smallest absolute Gasteiger partial charge is 0.226 e. The predicted octanol–water partition coefficient (Wildman–Crippen LogP) is 2.63. The maximum Gasteiger partial charge on any atom is 0.226 e. The van der Waals surface area contributed by atoms with Crippen molar-refractivity contribution in [2.24, 2.45) is 5.92 Å². The van der Waals surface area contributed by atoms with Gasteiger partial charge in [0, 0.05) is 25.4 Å². The maximum atomic E-state index is 12.7. The Morgan fingerprint density at radius 2 is 1.41 bits per heavy atom. The first-order valence-electron chi connectivity index (χ1n) is 7.69. The van der Waals surface area contributed by atoms with Crippen LogP contribution in [0.2, 0.25) is 0 Å². The Balaban J connectivity index is 1.88.